The van der Waals surface area contributed by atoms with E-state index in [1.54, 1.807) is 0 Å². The van der Waals surface area contributed by atoms with Crippen LogP contribution in [0.15, 0.2) is 16.7 Å². The molecule has 0 N–H and O–H groups in total. The molecule has 2 nitrogen and oxygen atoms in total. The fourth-order valence-electron chi connectivity index (χ4n) is 1.54. The van der Waals surface area contributed by atoms with Gasteiger partial charge < -0.3 is 5.01 Å². The van der Waals surface area contributed by atoms with Crippen LogP contribution in [0, 0.1) is 0 Å². The minimum Gasteiger partial charge on any atom is -0.303 e. The molecule has 94 valence electrons. The van der Waals surface area contributed by atoms with Gasteiger partial charge in [0, 0.05) is 24.8 Å². The summed E-state index contributed by atoms with van der Waals surface area (Å²) in [6.07, 6.45) is 7.98. The molecule has 0 aromatic carbocycles. The smallest absolute Gasteiger partial charge is 0.0384 e. The summed E-state index contributed by atoms with van der Waals surface area (Å²) in [6, 6.07) is 0. The molecular weight excluding hydrogens is 220 g/mol. The quantitative estimate of drug-likeness (QED) is 0.333. The van der Waals surface area contributed by atoms with E-state index in [-0.39, 0.29) is 0 Å². The van der Waals surface area contributed by atoms with Gasteiger partial charge in [0.25, 0.3) is 0 Å². The van der Waals surface area contributed by atoms with Gasteiger partial charge in [-0.1, -0.05) is 44.4 Å². The second-order valence-electron chi connectivity index (χ2n) is 4.34. The van der Waals surface area contributed by atoms with Gasteiger partial charge in [0.2, 0.25) is 0 Å². The van der Waals surface area contributed by atoms with Gasteiger partial charge in [-0.15, -0.1) is 0 Å². The highest BCUT2D eigenvalue weighted by Crippen LogP contribution is 2.12. The fourth-order valence-corrected chi connectivity index (χ4v) is 1.64. The Hall–Kier alpha value is -0.500. The lowest BCUT2D eigenvalue weighted by Crippen LogP contribution is -2.09. The molecule has 0 spiro atoms. The Kier molecular flexibility index (Phi) is 9.40. The number of rotatable bonds is 9. The molecule has 0 atom stereocenters. The minimum absolute atomic E-state index is 0.722. The first-order valence-corrected chi connectivity index (χ1v) is 6.51. The number of hydrogen-bond acceptors (Lipinski definition) is 2. The summed E-state index contributed by atoms with van der Waals surface area (Å²) >= 11 is 5.78. The van der Waals surface area contributed by atoms with Crippen LogP contribution in [0.5, 0.6) is 0 Å². The Morgan fingerprint density at radius 1 is 1.12 bits per heavy atom. The first kappa shape index (κ1) is 15.5. The highest BCUT2D eigenvalue weighted by molar-refractivity contribution is 6.29. The molecule has 0 heterocycles. The molecule has 0 saturated carbocycles. The molecule has 0 aliphatic heterocycles. The third-order valence-electron chi connectivity index (χ3n) is 2.35. The van der Waals surface area contributed by atoms with E-state index in [2.05, 4.69) is 18.6 Å². The van der Waals surface area contributed by atoms with Crippen LogP contribution in [0.3, 0.4) is 0 Å². The first-order chi connectivity index (χ1) is 7.56. The van der Waals surface area contributed by atoms with Gasteiger partial charge in [-0.25, -0.2) is 0 Å². The summed E-state index contributed by atoms with van der Waals surface area (Å²) in [7, 11) is 3.92. The van der Waals surface area contributed by atoms with E-state index < -0.39 is 0 Å². The predicted molar refractivity (Wildman–Crippen MR) is 74.1 cm³/mol. The van der Waals surface area contributed by atoms with Crippen molar-refractivity contribution in [2.45, 2.75) is 51.9 Å². The molecule has 0 saturated heterocycles. The van der Waals surface area contributed by atoms with Crippen LogP contribution >= 0.6 is 11.6 Å². The van der Waals surface area contributed by atoms with Crippen LogP contribution in [0.1, 0.15) is 51.9 Å². The highest BCUT2D eigenvalue weighted by Gasteiger charge is 2.02. The normalized spacial score (nSPS) is 11.6. The van der Waals surface area contributed by atoms with Gasteiger partial charge in [-0.05, 0) is 25.7 Å². The number of hydrazone groups is 1. The van der Waals surface area contributed by atoms with Crippen molar-refractivity contribution in [2.24, 2.45) is 5.10 Å². The topological polar surface area (TPSA) is 15.6 Å². The van der Waals surface area contributed by atoms with E-state index >= 15 is 0 Å². The number of allylic oxidation sites excluding steroid dienone is 1. The van der Waals surface area contributed by atoms with Crippen molar-refractivity contribution in [3.63, 3.8) is 0 Å². The van der Waals surface area contributed by atoms with E-state index in [0.29, 0.717) is 0 Å². The van der Waals surface area contributed by atoms with E-state index in [0.717, 1.165) is 24.3 Å². The van der Waals surface area contributed by atoms with Crippen LogP contribution in [-0.4, -0.2) is 24.8 Å². The Morgan fingerprint density at radius 3 is 2.31 bits per heavy atom. The summed E-state index contributed by atoms with van der Waals surface area (Å²) in [5.74, 6) is 0. The first-order valence-electron chi connectivity index (χ1n) is 6.13. The highest BCUT2D eigenvalue weighted by atomic mass is 35.5. The molecule has 0 rings (SSSR count). The van der Waals surface area contributed by atoms with Crippen molar-refractivity contribution >= 4 is 17.3 Å². The zero-order valence-electron chi connectivity index (χ0n) is 10.9. The number of nitrogens with zero attached hydrogens (tertiary/aromatic N) is 2. The molecule has 16 heavy (non-hydrogen) atoms. The molecule has 0 aliphatic carbocycles. The van der Waals surface area contributed by atoms with Crippen molar-refractivity contribution < 1.29 is 0 Å². The van der Waals surface area contributed by atoms with E-state index in [9.17, 15) is 0 Å². The SMILES string of the molecule is C=C(Cl)CC/C(CCCCCC)=N\N(C)C. The Morgan fingerprint density at radius 2 is 1.81 bits per heavy atom. The van der Waals surface area contributed by atoms with E-state index in [4.69, 9.17) is 11.6 Å². The Bertz CT molecular complexity index is 222. The lowest BCUT2D eigenvalue weighted by atomic mass is 10.1. The number of hydrogen-bond donors (Lipinski definition) is 0. The van der Waals surface area contributed by atoms with Crippen LogP contribution < -0.4 is 0 Å². The number of unbranched alkanes of at least 4 members (excludes halogenated alkanes) is 3. The molecule has 0 bridgehead atoms. The molecule has 3 heteroatoms. The van der Waals surface area contributed by atoms with Crippen molar-refractivity contribution in [3.05, 3.63) is 11.6 Å². The van der Waals surface area contributed by atoms with Crippen LogP contribution in [-0.2, 0) is 0 Å². The van der Waals surface area contributed by atoms with Crippen LogP contribution in [0.4, 0.5) is 0 Å². The lowest BCUT2D eigenvalue weighted by molar-refractivity contribution is 0.433. The van der Waals surface area contributed by atoms with E-state index in [1.807, 2.05) is 19.1 Å². The van der Waals surface area contributed by atoms with Crippen molar-refractivity contribution in [2.75, 3.05) is 14.1 Å². The molecule has 0 unspecified atom stereocenters. The molecule has 0 aliphatic rings. The van der Waals surface area contributed by atoms with Gasteiger partial charge in [0.1, 0.15) is 0 Å². The lowest BCUT2D eigenvalue weighted by Gasteiger charge is -2.10. The summed E-state index contributed by atoms with van der Waals surface area (Å²) in [5.41, 5.74) is 1.24. The zero-order chi connectivity index (χ0) is 12.4. The summed E-state index contributed by atoms with van der Waals surface area (Å²) in [5, 5.41) is 7.09. The van der Waals surface area contributed by atoms with Crippen molar-refractivity contribution in [3.8, 4) is 0 Å². The maximum atomic E-state index is 5.78. The van der Waals surface area contributed by atoms with Crippen molar-refractivity contribution in [1.29, 1.82) is 0 Å². The second-order valence-corrected chi connectivity index (χ2v) is 4.88. The maximum Gasteiger partial charge on any atom is 0.0384 e. The standard InChI is InChI=1S/C13H25ClN2/c1-5-6-7-8-9-13(15-16(3)4)11-10-12(2)14/h2,5-11H2,1,3-4H3/b15-13-. The van der Waals surface area contributed by atoms with Crippen LogP contribution in [0.25, 0.3) is 0 Å². The zero-order valence-corrected chi connectivity index (χ0v) is 11.7. The van der Waals surface area contributed by atoms with E-state index in [1.165, 1.54) is 31.4 Å². The van der Waals surface area contributed by atoms with Gasteiger partial charge in [0.15, 0.2) is 0 Å². The molecule has 0 fully saturated rings. The average Bonchev–Trinajstić information content (AvgIpc) is 2.19. The molecule has 0 aromatic rings. The van der Waals surface area contributed by atoms with Gasteiger partial charge in [0.05, 0.1) is 0 Å². The van der Waals surface area contributed by atoms with Gasteiger partial charge >= 0.3 is 0 Å². The number of halogens is 1. The molecule has 0 aromatic heterocycles. The molecule has 0 amide bonds. The second kappa shape index (κ2) is 9.71. The summed E-state index contributed by atoms with van der Waals surface area (Å²) in [4.78, 5) is 0. The fraction of sp³-hybridized carbons (Fsp3) is 0.769. The third kappa shape index (κ3) is 10.0. The minimum atomic E-state index is 0.722. The van der Waals surface area contributed by atoms with Crippen LogP contribution in [0.2, 0.25) is 0 Å². The average molecular weight is 245 g/mol. The van der Waals surface area contributed by atoms with Gasteiger partial charge in [-0.3, -0.25) is 0 Å². The summed E-state index contributed by atoms with van der Waals surface area (Å²) < 4.78 is 0. The molecule has 0 radical (unpaired) electrons. The Balaban J connectivity index is 3.96. The van der Waals surface area contributed by atoms with Gasteiger partial charge in [-0.2, -0.15) is 5.10 Å². The maximum absolute atomic E-state index is 5.78. The Labute approximate surface area is 105 Å². The molecular formula is C13H25ClN2. The van der Waals surface area contributed by atoms with Crippen molar-refractivity contribution in [1.82, 2.24) is 5.01 Å². The monoisotopic (exact) mass is 244 g/mol. The predicted octanol–water partition coefficient (Wildman–Crippen LogP) is 4.41. The summed E-state index contributed by atoms with van der Waals surface area (Å²) in [6.45, 7) is 5.94. The third-order valence-corrected chi connectivity index (χ3v) is 2.53. The largest absolute Gasteiger partial charge is 0.303 e.